The van der Waals surface area contributed by atoms with Gasteiger partial charge in [0.25, 0.3) is 0 Å². The minimum atomic E-state index is -0.802. The van der Waals surface area contributed by atoms with Gasteiger partial charge in [0.2, 0.25) is 0 Å². The van der Waals surface area contributed by atoms with Crippen molar-refractivity contribution in [1.29, 1.82) is 0 Å². The predicted octanol–water partition coefficient (Wildman–Crippen LogP) is 3.71. The predicted molar refractivity (Wildman–Crippen MR) is 61.4 cm³/mol. The van der Waals surface area contributed by atoms with Crippen molar-refractivity contribution in [2.24, 2.45) is 11.3 Å². The van der Waals surface area contributed by atoms with Gasteiger partial charge in [0.1, 0.15) is 0 Å². The molecule has 0 spiro atoms. The largest absolute Gasteiger partial charge is 0.384 e. The fourth-order valence-electron chi connectivity index (χ4n) is 2.23. The molecule has 0 saturated heterocycles. The summed E-state index contributed by atoms with van der Waals surface area (Å²) in [6, 6.07) is 0. The Kier molecular flexibility index (Phi) is 3.33. The van der Waals surface area contributed by atoms with Gasteiger partial charge in [-0.2, -0.15) is 0 Å². The summed E-state index contributed by atoms with van der Waals surface area (Å²) in [6.07, 6.45) is 3.62. The van der Waals surface area contributed by atoms with Crippen LogP contribution in [0, 0.1) is 11.3 Å². The van der Waals surface area contributed by atoms with E-state index >= 15 is 0 Å². The van der Waals surface area contributed by atoms with Crippen molar-refractivity contribution < 1.29 is 5.11 Å². The van der Waals surface area contributed by atoms with Crippen LogP contribution in [0.4, 0.5) is 0 Å². The molecule has 0 aliphatic heterocycles. The summed E-state index contributed by atoms with van der Waals surface area (Å²) < 4.78 is 0. The summed E-state index contributed by atoms with van der Waals surface area (Å²) in [4.78, 5) is 0. The molecule has 0 heterocycles. The van der Waals surface area contributed by atoms with E-state index in [1.165, 1.54) is 0 Å². The molecule has 0 unspecified atom stereocenters. The fraction of sp³-hybridized carbons (Fsp3) is 0.833. The van der Waals surface area contributed by atoms with Crippen LogP contribution in [0.3, 0.4) is 0 Å². The Bertz CT molecular complexity index is 219. The van der Waals surface area contributed by atoms with Gasteiger partial charge in [-0.1, -0.05) is 39.0 Å². The van der Waals surface area contributed by atoms with Crippen LogP contribution in [0.2, 0.25) is 0 Å². The molecule has 0 atom stereocenters. The van der Waals surface area contributed by atoms with Crippen LogP contribution in [0.25, 0.3) is 0 Å². The highest BCUT2D eigenvalue weighted by Crippen LogP contribution is 2.44. The molecule has 14 heavy (non-hydrogen) atoms. The molecule has 1 rings (SSSR count). The molecule has 1 fully saturated rings. The molecule has 0 aromatic rings. The van der Waals surface area contributed by atoms with E-state index in [1.807, 2.05) is 0 Å². The maximum Gasteiger partial charge on any atom is 0.0995 e. The van der Waals surface area contributed by atoms with E-state index in [-0.39, 0.29) is 0 Å². The maximum atomic E-state index is 10.1. The third kappa shape index (κ3) is 2.52. The molecule has 0 bridgehead atoms. The van der Waals surface area contributed by atoms with Crippen molar-refractivity contribution in [3.63, 3.8) is 0 Å². The smallest absolute Gasteiger partial charge is 0.0995 e. The lowest BCUT2D eigenvalue weighted by atomic mass is 9.68. The molecule has 0 radical (unpaired) electrons. The van der Waals surface area contributed by atoms with Crippen molar-refractivity contribution in [2.75, 3.05) is 0 Å². The van der Waals surface area contributed by atoms with Crippen molar-refractivity contribution >= 4 is 11.6 Å². The molecular formula is C12H21ClO. The molecule has 82 valence electrons. The average molecular weight is 217 g/mol. The highest BCUT2D eigenvalue weighted by Gasteiger charge is 2.38. The SMILES string of the molecule is C=C(Cl)C1(O)CCC(C(C)(C)C)CC1. The Labute approximate surface area is 92.2 Å². The molecule has 1 aliphatic rings. The first kappa shape index (κ1) is 12.1. The summed E-state index contributed by atoms with van der Waals surface area (Å²) in [5.41, 5.74) is -0.460. The molecular weight excluding hydrogens is 196 g/mol. The number of hydrogen-bond acceptors (Lipinski definition) is 1. The van der Waals surface area contributed by atoms with Crippen molar-refractivity contribution in [3.05, 3.63) is 11.6 Å². The van der Waals surface area contributed by atoms with Crippen LogP contribution in [0.5, 0.6) is 0 Å². The lowest BCUT2D eigenvalue weighted by Crippen LogP contribution is -2.37. The lowest BCUT2D eigenvalue weighted by Gasteiger charge is -2.41. The van der Waals surface area contributed by atoms with E-state index < -0.39 is 5.60 Å². The standard InChI is InChI=1S/C12H21ClO/c1-9(13)12(14)7-5-10(6-8-12)11(2,3)4/h10,14H,1,5-8H2,2-4H3. The molecule has 0 aromatic heterocycles. The summed E-state index contributed by atoms with van der Waals surface area (Å²) in [6.45, 7) is 10.4. The minimum absolute atomic E-state index is 0.342. The van der Waals surface area contributed by atoms with Gasteiger partial charge in [-0.25, -0.2) is 0 Å². The average Bonchev–Trinajstić information content (AvgIpc) is 2.03. The van der Waals surface area contributed by atoms with Crippen LogP contribution < -0.4 is 0 Å². The molecule has 1 aliphatic carbocycles. The number of rotatable bonds is 1. The molecule has 1 saturated carbocycles. The van der Waals surface area contributed by atoms with E-state index in [2.05, 4.69) is 27.4 Å². The van der Waals surface area contributed by atoms with E-state index in [1.54, 1.807) is 0 Å². The second-order valence-corrected chi connectivity index (χ2v) is 6.03. The third-order valence-electron chi connectivity index (χ3n) is 3.54. The first-order valence-electron chi connectivity index (χ1n) is 5.33. The van der Waals surface area contributed by atoms with E-state index in [0.717, 1.165) is 25.7 Å². The van der Waals surface area contributed by atoms with Gasteiger partial charge in [0.05, 0.1) is 5.60 Å². The van der Waals surface area contributed by atoms with Crippen LogP contribution in [0.15, 0.2) is 11.6 Å². The highest BCUT2D eigenvalue weighted by molar-refractivity contribution is 6.30. The summed E-state index contributed by atoms with van der Waals surface area (Å²) in [7, 11) is 0. The first-order chi connectivity index (χ1) is 6.26. The Balaban J connectivity index is 2.59. The van der Waals surface area contributed by atoms with E-state index in [4.69, 9.17) is 11.6 Å². The molecule has 0 amide bonds. The zero-order chi connectivity index (χ0) is 11.0. The second-order valence-electron chi connectivity index (χ2n) is 5.58. The molecule has 1 N–H and O–H groups in total. The highest BCUT2D eigenvalue weighted by atomic mass is 35.5. The van der Waals surface area contributed by atoms with Gasteiger partial charge in [-0.3, -0.25) is 0 Å². The number of aliphatic hydroxyl groups is 1. The molecule has 1 nitrogen and oxygen atoms in total. The van der Waals surface area contributed by atoms with Gasteiger partial charge in [-0.15, -0.1) is 0 Å². The van der Waals surface area contributed by atoms with Crippen molar-refractivity contribution in [1.82, 2.24) is 0 Å². The Hall–Kier alpha value is -0.0100. The van der Waals surface area contributed by atoms with Gasteiger partial charge < -0.3 is 5.11 Å². The zero-order valence-corrected chi connectivity index (χ0v) is 10.2. The lowest BCUT2D eigenvalue weighted by molar-refractivity contribution is 0.0103. The van der Waals surface area contributed by atoms with Gasteiger partial charge in [0, 0.05) is 5.03 Å². The minimum Gasteiger partial charge on any atom is -0.384 e. The quantitative estimate of drug-likeness (QED) is 0.709. The summed E-state index contributed by atoms with van der Waals surface area (Å²) >= 11 is 5.82. The summed E-state index contributed by atoms with van der Waals surface area (Å²) in [5, 5.41) is 10.5. The fourth-order valence-corrected chi connectivity index (χ4v) is 2.42. The molecule has 0 aromatic carbocycles. The van der Waals surface area contributed by atoms with Crippen LogP contribution in [-0.2, 0) is 0 Å². The Morgan fingerprint density at radius 1 is 1.36 bits per heavy atom. The number of hydrogen-bond donors (Lipinski definition) is 1. The third-order valence-corrected chi connectivity index (χ3v) is 3.89. The van der Waals surface area contributed by atoms with Gasteiger partial charge >= 0.3 is 0 Å². The maximum absolute atomic E-state index is 10.1. The second kappa shape index (κ2) is 3.86. The number of halogens is 1. The topological polar surface area (TPSA) is 20.2 Å². The van der Waals surface area contributed by atoms with Crippen molar-refractivity contribution in [3.8, 4) is 0 Å². The van der Waals surface area contributed by atoms with Crippen LogP contribution >= 0.6 is 11.6 Å². The van der Waals surface area contributed by atoms with Gasteiger partial charge in [-0.05, 0) is 37.0 Å². The van der Waals surface area contributed by atoms with Crippen LogP contribution in [0.1, 0.15) is 46.5 Å². The monoisotopic (exact) mass is 216 g/mol. The first-order valence-corrected chi connectivity index (χ1v) is 5.71. The summed E-state index contributed by atoms with van der Waals surface area (Å²) in [5.74, 6) is 0.693. The zero-order valence-electron chi connectivity index (χ0n) is 9.44. The van der Waals surface area contributed by atoms with Crippen molar-refractivity contribution in [2.45, 2.75) is 52.1 Å². The van der Waals surface area contributed by atoms with Gasteiger partial charge in [0.15, 0.2) is 0 Å². The Morgan fingerprint density at radius 2 is 1.79 bits per heavy atom. The normalized spacial score (nSPS) is 34.2. The Morgan fingerprint density at radius 3 is 2.07 bits per heavy atom. The van der Waals surface area contributed by atoms with E-state index in [9.17, 15) is 5.11 Å². The van der Waals surface area contributed by atoms with E-state index in [0.29, 0.717) is 16.4 Å². The molecule has 2 heteroatoms. The van der Waals surface area contributed by atoms with Crippen LogP contribution in [-0.4, -0.2) is 10.7 Å².